The first-order chi connectivity index (χ1) is 23.8. The summed E-state index contributed by atoms with van der Waals surface area (Å²) in [5.41, 5.74) is -6.19. The topological polar surface area (TPSA) is 52.0 Å². The van der Waals surface area contributed by atoms with Crippen LogP contribution in [-0.2, 0) is 30.9 Å². The van der Waals surface area contributed by atoms with Crippen molar-refractivity contribution in [3.63, 3.8) is 0 Å². The molecule has 0 spiro atoms. The average molecular weight is 753 g/mol. The SMILES string of the molecule is Nc1ccc(-c2ccc(-c3cccc(-c4ccc(-c5ccc(N)cc5C(F)(F)F)c(C(F)(F)F)c4)c3C(F)(F)F)cc2C(F)(F)F)c(C(F)(F)F)c1. The first-order valence-electron chi connectivity index (χ1n) is 14.4. The minimum absolute atomic E-state index is 0.171. The Morgan fingerprint density at radius 1 is 0.308 bits per heavy atom. The summed E-state index contributed by atoms with van der Waals surface area (Å²) in [6, 6.07) is 8.90. The summed E-state index contributed by atoms with van der Waals surface area (Å²) in [5, 5.41) is 0. The largest absolute Gasteiger partial charge is 0.417 e. The molecule has 0 aliphatic heterocycles. The molecule has 0 radical (unpaired) electrons. The van der Waals surface area contributed by atoms with Crippen molar-refractivity contribution in [1.82, 2.24) is 0 Å². The summed E-state index contributed by atoms with van der Waals surface area (Å²) in [7, 11) is 0. The molecular formula is C35H19F15N2. The fourth-order valence-corrected chi connectivity index (χ4v) is 5.76. The van der Waals surface area contributed by atoms with Gasteiger partial charge in [0.25, 0.3) is 0 Å². The van der Waals surface area contributed by atoms with Gasteiger partial charge in [0.2, 0.25) is 0 Å². The van der Waals surface area contributed by atoms with Crippen LogP contribution in [-0.4, -0.2) is 0 Å². The lowest BCUT2D eigenvalue weighted by molar-refractivity contribution is -0.139. The van der Waals surface area contributed by atoms with Crippen LogP contribution in [0.3, 0.4) is 0 Å². The molecule has 5 aromatic carbocycles. The minimum Gasteiger partial charge on any atom is -0.399 e. The fourth-order valence-electron chi connectivity index (χ4n) is 5.76. The van der Waals surface area contributed by atoms with Gasteiger partial charge in [0.15, 0.2) is 0 Å². The van der Waals surface area contributed by atoms with Crippen molar-refractivity contribution in [1.29, 1.82) is 0 Å². The zero-order chi connectivity index (χ0) is 38.8. The Morgan fingerprint density at radius 3 is 0.885 bits per heavy atom. The molecule has 5 aromatic rings. The fraction of sp³-hybridized carbons (Fsp3) is 0.143. The number of anilines is 2. The van der Waals surface area contributed by atoms with Crippen LogP contribution in [0.1, 0.15) is 27.8 Å². The molecule has 17 heteroatoms. The van der Waals surface area contributed by atoms with Gasteiger partial charge in [-0.25, -0.2) is 0 Å². The third-order valence-corrected chi connectivity index (χ3v) is 7.90. The molecule has 2 nitrogen and oxygen atoms in total. The Labute approximate surface area is 283 Å². The molecule has 0 saturated heterocycles. The Hall–Kier alpha value is -5.35. The lowest BCUT2D eigenvalue weighted by Crippen LogP contribution is -2.13. The number of rotatable bonds is 4. The molecule has 0 atom stereocenters. The van der Waals surface area contributed by atoms with Crippen molar-refractivity contribution >= 4 is 11.4 Å². The van der Waals surface area contributed by atoms with Crippen LogP contribution in [0.4, 0.5) is 77.2 Å². The van der Waals surface area contributed by atoms with Crippen LogP contribution >= 0.6 is 0 Å². The molecule has 0 bridgehead atoms. The molecule has 5 rings (SSSR count). The van der Waals surface area contributed by atoms with E-state index in [1.165, 1.54) is 0 Å². The molecule has 52 heavy (non-hydrogen) atoms. The van der Waals surface area contributed by atoms with Gasteiger partial charge < -0.3 is 11.5 Å². The van der Waals surface area contributed by atoms with E-state index in [0.29, 0.717) is 60.7 Å². The normalized spacial score (nSPS) is 13.1. The molecule has 4 N–H and O–H groups in total. The average Bonchev–Trinajstić information content (AvgIpc) is 3.02. The summed E-state index contributed by atoms with van der Waals surface area (Å²) >= 11 is 0. The van der Waals surface area contributed by atoms with Crippen molar-refractivity contribution < 1.29 is 65.9 Å². The summed E-state index contributed by atoms with van der Waals surface area (Å²) < 4.78 is 213. The number of nitrogens with two attached hydrogens (primary N) is 2. The minimum atomic E-state index is -5.47. The van der Waals surface area contributed by atoms with Crippen LogP contribution in [0, 0.1) is 0 Å². The Bertz CT molecular complexity index is 2010. The molecule has 0 aliphatic carbocycles. The van der Waals surface area contributed by atoms with Gasteiger partial charge in [0.05, 0.1) is 27.8 Å². The highest BCUT2D eigenvalue weighted by molar-refractivity contribution is 5.84. The highest BCUT2D eigenvalue weighted by Crippen LogP contribution is 2.49. The van der Waals surface area contributed by atoms with Crippen molar-refractivity contribution in [2.24, 2.45) is 0 Å². The van der Waals surface area contributed by atoms with Gasteiger partial charge in [-0.15, -0.1) is 0 Å². The maximum absolute atomic E-state index is 14.8. The molecular weight excluding hydrogens is 733 g/mol. The standard InChI is InChI=1S/C35H19F15N2/c36-31(37,38)26-12-16(4-8-22(26)24-10-6-18(51)14-28(24)33(42,43)44)20-2-1-3-21(30(20)35(48,49)50)17-5-9-23(27(13-17)32(39,40)41)25-11-7-19(52)15-29(25)34(45,46)47/h1-15H,51-52H2. The van der Waals surface area contributed by atoms with E-state index in [-0.39, 0.29) is 12.1 Å². The summed E-state index contributed by atoms with van der Waals surface area (Å²) in [4.78, 5) is 0. The van der Waals surface area contributed by atoms with E-state index in [1.807, 2.05) is 0 Å². The van der Waals surface area contributed by atoms with Crippen LogP contribution in [0.2, 0.25) is 0 Å². The van der Waals surface area contributed by atoms with Gasteiger partial charge in [-0.1, -0.05) is 54.6 Å². The van der Waals surface area contributed by atoms with Gasteiger partial charge >= 0.3 is 30.9 Å². The molecule has 0 amide bonds. The second-order valence-electron chi connectivity index (χ2n) is 11.3. The van der Waals surface area contributed by atoms with Crippen LogP contribution in [0.5, 0.6) is 0 Å². The Balaban J connectivity index is 1.76. The first-order valence-corrected chi connectivity index (χ1v) is 14.4. The second-order valence-corrected chi connectivity index (χ2v) is 11.3. The zero-order valence-electron chi connectivity index (χ0n) is 25.5. The summed E-state index contributed by atoms with van der Waals surface area (Å²) in [6.07, 6.45) is -26.7. The highest BCUT2D eigenvalue weighted by Gasteiger charge is 2.42. The predicted octanol–water partition coefficient (Wildman–Crippen LogP) is 12.6. The van der Waals surface area contributed by atoms with Crippen molar-refractivity contribution in [2.45, 2.75) is 30.9 Å². The van der Waals surface area contributed by atoms with E-state index in [4.69, 9.17) is 11.5 Å². The molecule has 0 aliphatic rings. The lowest BCUT2D eigenvalue weighted by atomic mass is 9.86. The number of halogens is 15. The maximum atomic E-state index is 14.8. The van der Waals surface area contributed by atoms with Gasteiger partial charge in [-0.3, -0.25) is 0 Å². The molecule has 0 saturated carbocycles. The van der Waals surface area contributed by atoms with E-state index in [2.05, 4.69) is 0 Å². The Morgan fingerprint density at radius 2 is 0.596 bits per heavy atom. The van der Waals surface area contributed by atoms with Crippen molar-refractivity contribution in [2.75, 3.05) is 11.5 Å². The highest BCUT2D eigenvalue weighted by atomic mass is 19.4. The van der Waals surface area contributed by atoms with E-state index in [1.54, 1.807) is 0 Å². The molecule has 0 aromatic heterocycles. The monoisotopic (exact) mass is 752 g/mol. The molecule has 0 heterocycles. The van der Waals surface area contributed by atoms with Gasteiger partial charge in [-0.05, 0) is 80.9 Å². The van der Waals surface area contributed by atoms with E-state index >= 15 is 0 Å². The third kappa shape index (κ3) is 7.48. The number of nitrogen functional groups attached to an aromatic ring is 2. The second kappa shape index (κ2) is 12.7. The lowest BCUT2D eigenvalue weighted by Gasteiger charge is -2.22. The molecule has 0 unspecified atom stereocenters. The quantitative estimate of drug-likeness (QED) is 0.142. The third-order valence-electron chi connectivity index (χ3n) is 7.90. The number of hydrogen-bond donors (Lipinski definition) is 2. The summed E-state index contributed by atoms with van der Waals surface area (Å²) in [5.74, 6) is 0. The van der Waals surface area contributed by atoms with Crippen molar-refractivity contribution in [3.8, 4) is 44.5 Å². The van der Waals surface area contributed by atoms with E-state index in [0.717, 1.165) is 18.2 Å². The zero-order valence-corrected chi connectivity index (χ0v) is 25.5. The van der Waals surface area contributed by atoms with Gasteiger partial charge in [0.1, 0.15) is 0 Å². The van der Waals surface area contributed by atoms with Crippen LogP contribution in [0.15, 0.2) is 91.0 Å². The predicted molar refractivity (Wildman–Crippen MR) is 162 cm³/mol. The summed E-state index contributed by atoms with van der Waals surface area (Å²) in [6.45, 7) is 0. The van der Waals surface area contributed by atoms with Crippen LogP contribution < -0.4 is 11.5 Å². The molecule has 274 valence electrons. The van der Waals surface area contributed by atoms with E-state index < -0.39 is 115 Å². The molecule has 0 fully saturated rings. The van der Waals surface area contributed by atoms with Gasteiger partial charge in [-0.2, -0.15) is 65.9 Å². The van der Waals surface area contributed by atoms with E-state index in [9.17, 15) is 65.9 Å². The number of hydrogen-bond acceptors (Lipinski definition) is 2. The van der Waals surface area contributed by atoms with Crippen molar-refractivity contribution in [3.05, 3.63) is 119 Å². The number of alkyl halides is 15. The van der Waals surface area contributed by atoms with Crippen LogP contribution in [0.25, 0.3) is 44.5 Å². The maximum Gasteiger partial charge on any atom is 0.417 e. The smallest absolute Gasteiger partial charge is 0.399 e. The first kappa shape index (κ1) is 37.9. The number of benzene rings is 5. The van der Waals surface area contributed by atoms with Gasteiger partial charge in [0, 0.05) is 11.4 Å². The Kier molecular flexibility index (Phi) is 9.26.